The van der Waals surface area contributed by atoms with E-state index in [1.807, 2.05) is 26.2 Å². The second-order valence-electron chi connectivity index (χ2n) is 4.64. The minimum Gasteiger partial charge on any atom is -0.497 e. The first-order valence-electron chi connectivity index (χ1n) is 6.33. The Morgan fingerprint density at radius 2 is 2.10 bits per heavy atom. The molecule has 0 aliphatic heterocycles. The van der Waals surface area contributed by atoms with Crippen molar-refractivity contribution < 1.29 is 4.74 Å². The van der Waals surface area contributed by atoms with Gasteiger partial charge in [0.2, 0.25) is 0 Å². The minimum absolute atomic E-state index is 0.544. The van der Waals surface area contributed by atoms with Gasteiger partial charge in [-0.1, -0.05) is 0 Å². The van der Waals surface area contributed by atoms with Crippen molar-refractivity contribution in [1.82, 2.24) is 30.0 Å². The first kappa shape index (κ1) is 13.1. The van der Waals surface area contributed by atoms with E-state index in [9.17, 15) is 0 Å². The van der Waals surface area contributed by atoms with Crippen molar-refractivity contribution in [3.05, 3.63) is 30.1 Å². The lowest BCUT2D eigenvalue weighted by molar-refractivity contribution is 0.415. The summed E-state index contributed by atoms with van der Waals surface area (Å²) in [7, 11) is 3.45. The molecule has 0 saturated heterocycles. The molecule has 8 nitrogen and oxygen atoms in total. The molecule has 0 radical (unpaired) electrons. The number of nitrogen functional groups attached to an aromatic ring is 1. The zero-order valence-electron chi connectivity index (χ0n) is 12.0. The molecule has 0 aliphatic rings. The van der Waals surface area contributed by atoms with Crippen LogP contribution in [0.5, 0.6) is 5.75 Å². The maximum Gasteiger partial charge on any atom is 0.189 e. The van der Waals surface area contributed by atoms with E-state index < -0.39 is 0 Å². The average Bonchev–Trinajstić information content (AvgIpc) is 3.05. The molecule has 0 saturated carbocycles. The van der Waals surface area contributed by atoms with Gasteiger partial charge in [0, 0.05) is 18.3 Å². The molecule has 1 aromatic carbocycles. The fourth-order valence-electron chi connectivity index (χ4n) is 2.17. The second kappa shape index (κ2) is 4.89. The average molecular weight is 285 g/mol. The van der Waals surface area contributed by atoms with Crippen molar-refractivity contribution in [1.29, 1.82) is 0 Å². The first-order chi connectivity index (χ1) is 10.1. The third kappa shape index (κ3) is 2.20. The van der Waals surface area contributed by atoms with E-state index >= 15 is 0 Å². The highest BCUT2D eigenvalue weighted by atomic mass is 16.5. The first-order valence-corrected chi connectivity index (χ1v) is 6.33. The van der Waals surface area contributed by atoms with E-state index in [1.54, 1.807) is 28.6 Å². The molecule has 0 amide bonds. The van der Waals surface area contributed by atoms with Gasteiger partial charge in [-0.3, -0.25) is 4.68 Å². The van der Waals surface area contributed by atoms with Gasteiger partial charge in [0.25, 0.3) is 0 Å². The Labute approximate surface area is 121 Å². The van der Waals surface area contributed by atoms with Crippen molar-refractivity contribution in [2.45, 2.75) is 6.92 Å². The van der Waals surface area contributed by atoms with Crippen LogP contribution < -0.4 is 10.5 Å². The van der Waals surface area contributed by atoms with Gasteiger partial charge in [-0.25, -0.2) is 0 Å². The largest absolute Gasteiger partial charge is 0.497 e. The fourth-order valence-corrected chi connectivity index (χ4v) is 2.17. The quantitative estimate of drug-likeness (QED) is 0.720. The summed E-state index contributed by atoms with van der Waals surface area (Å²) in [6.45, 7) is 1.90. The van der Waals surface area contributed by atoms with E-state index in [4.69, 9.17) is 10.5 Å². The van der Waals surface area contributed by atoms with Crippen molar-refractivity contribution in [3.8, 4) is 22.8 Å². The van der Waals surface area contributed by atoms with Gasteiger partial charge in [0.1, 0.15) is 11.4 Å². The summed E-state index contributed by atoms with van der Waals surface area (Å²) < 4.78 is 8.56. The Hall–Kier alpha value is -2.90. The van der Waals surface area contributed by atoms with E-state index in [-0.39, 0.29) is 0 Å². The highest BCUT2D eigenvalue weighted by Crippen LogP contribution is 2.29. The summed E-state index contributed by atoms with van der Waals surface area (Å²) in [4.78, 5) is 0. The van der Waals surface area contributed by atoms with Crippen LogP contribution in [-0.2, 0) is 7.05 Å². The summed E-state index contributed by atoms with van der Waals surface area (Å²) in [5.74, 6) is 1.24. The molecule has 0 aliphatic carbocycles. The maximum atomic E-state index is 6.04. The number of nitrogens with zero attached hydrogens (tertiary/aromatic N) is 6. The molecule has 0 unspecified atom stereocenters. The van der Waals surface area contributed by atoms with Gasteiger partial charge in [-0.05, 0) is 35.5 Å². The summed E-state index contributed by atoms with van der Waals surface area (Å²) in [6, 6.07) is 5.37. The van der Waals surface area contributed by atoms with Crippen LogP contribution in [0, 0.1) is 6.92 Å². The zero-order chi connectivity index (χ0) is 15.0. The van der Waals surface area contributed by atoms with Gasteiger partial charge in [0.15, 0.2) is 5.82 Å². The normalized spacial score (nSPS) is 10.8. The van der Waals surface area contributed by atoms with Crippen LogP contribution in [0.2, 0.25) is 0 Å². The number of hydrogen-bond acceptors (Lipinski definition) is 6. The smallest absolute Gasteiger partial charge is 0.189 e. The molecule has 0 bridgehead atoms. The second-order valence-corrected chi connectivity index (χ2v) is 4.64. The molecule has 0 fully saturated rings. The third-order valence-electron chi connectivity index (χ3n) is 3.19. The molecule has 2 aromatic heterocycles. The van der Waals surface area contributed by atoms with Crippen LogP contribution in [0.3, 0.4) is 0 Å². The number of hydrogen-bond donors (Lipinski definition) is 1. The number of tetrazole rings is 1. The molecule has 0 spiro atoms. The standard InChI is InChI=1S/C13H15N7O/c1-8-12(7-19(2)16-8)20-13(15-17-18-20)10-6-9(21-3)4-5-11(10)14/h4-7H,14H2,1-3H3. The molecule has 0 atom stereocenters. The molecular weight excluding hydrogens is 270 g/mol. The van der Waals surface area contributed by atoms with Crippen LogP contribution in [0.15, 0.2) is 24.4 Å². The number of aromatic nitrogens is 6. The summed E-state index contributed by atoms with van der Waals surface area (Å²) >= 11 is 0. The molecule has 2 heterocycles. The minimum atomic E-state index is 0.544. The highest BCUT2D eigenvalue weighted by Gasteiger charge is 2.17. The lowest BCUT2D eigenvalue weighted by Crippen LogP contribution is -2.02. The number of benzene rings is 1. The molecule has 8 heteroatoms. The summed E-state index contributed by atoms with van der Waals surface area (Å²) in [5.41, 5.74) is 8.96. The zero-order valence-corrected chi connectivity index (χ0v) is 12.0. The van der Waals surface area contributed by atoms with E-state index in [0.29, 0.717) is 22.8 Å². The predicted molar refractivity (Wildman–Crippen MR) is 77.1 cm³/mol. The third-order valence-corrected chi connectivity index (χ3v) is 3.19. The van der Waals surface area contributed by atoms with Crippen LogP contribution in [0.25, 0.3) is 17.1 Å². The van der Waals surface area contributed by atoms with Gasteiger partial charge < -0.3 is 10.5 Å². The molecule has 2 N–H and O–H groups in total. The monoisotopic (exact) mass is 285 g/mol. The Morgan fingerprint density at radius 3 is 2.76 bits per heavy atom. The number of aryl methyl sites for hydroxylation is 2. The molecule has 21 heavy (non-hydrogen) atoms. The van der Waals surface area contributed by atoms with Gasteiger partial charge >= 0.3 is 0 Å². The Morgan fingerprint density at radius 1 is 1.29 bits per heavy atom. The van der Waals surface area contributed by atoms with E-state index in [0.717, 1.165) is 11.4 Å². The van der Waals surface area contributed by atoms with Crippen molar-refractivity contribution >= 4 is 5.69 Å². The lowest BCUT2D eigenvalue weighted by Gasteiger charge is -2.08. The Bertz CT molecular complexity index is 790. The number of methoxy groups -OCH3 is 1. The SMILES string of the molecule is COc1ccc(N)c(-c2nnnn2-c2cn(C)nc2C)c1. The predicted octanol–water partition coefficient (Wildman–Crippen LogP) is 0.962. The van der Waals surface area contributed by atoms with E-state index in [2.05, 4.69) is 20.6 Å². The molecular formula is C13H15N7O. The number of nitrogens with two attached hydrogens (primary N) is 1. The highest BCUT2D eigenvalue weighted by molar-refractivity contribution is 5.74. The maximum absolute atomic E-state index is 6.04. The number of anilines is 1. The van der Waals surface area contributed by atoms with Crippen molar-refractivity contribution in [2.75, 3.05) is 12.8 Å². The van der Waals surface area contributed by atoms with Crippen LogP contribution in [-0.4, -0.2) is 37.1 Å². The lowest BCUT2D eigenvalue weighted by atomic mass is 10.1. The number of ether oxygens (including phenoxy) is 1. The van der Waals surface area contributed by atoms with Crippen molar-refractivity contribution in [3.63, 3.8) is 0 Å². The summed E-state index contributed by atoms with van der Waals surface area (Å²) in [6.07, 6.45) is 1.85. The van der Waals surface area contributed by atoms with Gasteiger partial charge in [-0.15, -0.1) is 5.10 Å². The summed E-state index contributed by atoms with van der Waals surface area (Å²) in [5, 5.41) is 16.2. The topological polar surface area (TPSA) is 96.7 Å². The van der Waals surface area contributed by atoms with Crippen LogP contribution in [0.4, 0.5) is 5.69 Å². The molecule has 3 aromatic rings. The van der Waals surface area contributed by atoms with Crippen molar-refractivity contribution in [2.24, 2.45) is 7.05 Å². The van der Waals surface area contributed by atoms with Crippen LogP contribution in [0.1, 0.15) is 5.69 Å². The molecule has 108 valence electrons. The number of rotatable bonds is 3. The van der Waals surface area contributed by atoms with Crippen LogP contribution >= 0.6 is 0 Å². The Kier molecular flexibility index (Phi) is 3.05. The van der Waals surface area contributed by atoms with E-state index in [1.165, 1.54) is 0 Å². The Balaban J connectivity index is 2.18. The van der Waals surface area contributed by atoms with Gasteiger partial charge in [0.05, 0.1) is 19.0 Å². The van der Waals surface area contributed by atoms with Gasteiger partial charge in [-0.2, -0.15) is 9.78 Å². The fraction of sp³-hybridized carbons (Fsp3) is 0.231. The molecule has 3 rings (SSSR count).